The van der Waals surface area contributed by atoms with Crippen LogP contribution in [0.1, 0.15) is 34.8 Å². The number of likely N-dealkylation sites (N-methyl/N-ethyl adjacent to an activating group) is 1. The van der Waals surface area contributed by atoms with Crippen LogP contribution in [0.4, 0.5) is 5.69 Å². The number of carbonyl (C=O) groups is 5. The number of anilines is 1. The second kappa shape index (κ2) is 8.54. The van der Waals surface area contributed by atoms with Gasteiger partial charge in [-0.15, -0.1) is 5.92 Å². The van der Waals surface area contributed by atoms with Crippen LogP contribution in [-0.4, -0.2) is 84.0 Å². The number of aromatic hydroxyl groups is 1. The van der Waals surface area contributed by atoms with E-state index >= 15 is 0 Å². The van der Waals surface area contributed by atoms with Crippen LogP contribution in [0.5, 0.6) is 5.75 Å². The van der Waals surface area contributed by atoms with E-state index in [1.54, 1.807) is 46.1 Å². The van der Waals surface area contributed by atoms with Crippen molar-refractivity contribution in [2.45, 2.75) is 31.4 Å². The smallest absolute Gasteiger partial charge is 0.235 e. The standard InChI is InChI=1S/C26H29N3O7/c1-6-7-11-10-15(28(2)3)13-8-12-9-14-19(29(4)5)22(32)18(25(27)35)24(34)26(14,36)23(33)16(12)21(31)17(13)20(11)30/h10,12,14,16,18-19,30,36H,8-9H2,1-5H3,(H2,27,35)/t12-,14-,16?,18?,19-,26-/m0/s1. The summed E-state index contributed by atoms with van der Waals surface area (Å²) in [4.78, 5) is 69.3. The van der Waals surface area contributed by atoms with E-state index in [-0.39, 0.29) is 29.7 Å². The van der Waals surface area contributed by atoms with Gasteiger partial charge in [-0.1, -0.05) is 5.92 Å². The fourth-order valence-corrected chi connectivity index (χ4v) is 6.28. The summed E-state index contributed by atoms with van der Waals surface area (Å²) in [6, 6.07) is 0.544. The van der Waals surface area contributed by atoms with E-state index in [0.29, 0.717) is 11.3 Å². The summed E-state index contributed by atoms with van der Waals surface area (Å²) in [5.41, 5.74) is 3.93. The van der Waals surface area contributed by atoms with E-state index in [9.17, 15) is 34.2 Å². The average molecular weight is 496 g/mol. The first kappa shape index (κ1) is 25.5. The predicted octanol–water partition coefficient (Wildman–Crippen LogP) is -0.696. The van der Waals surface area contributed by atoms with Crippen molar-refractivity contribution in [2.24, 2.45) is 29.4 Å². The first-order chi connectivity index (χ1) is 16.8. The topological polar surface area (TPSA) is 158 Å². The molecule has 190 valence electrons. The molecule has 2 saturated carbocycles. The number of hydrogen-bond donors (Lipinski definition) is 3. The van der Waals surface area contributed by atoms with Crippen molar-refractivity contribution < 1.29 is 34.2 Å². The number of carbonyl (C=O) groups excluding carboxylic acids is 5. The van der Waals surface area contributed by atoms with E-state index in [1.807, 2.05) is 0 Å². The maximum absolute atomic E-state index is 13.8. The molecule has 3 aliphatic rings. The Morgan fingerprint density at radius 3 is 2.31 bits per heavy atom. The molecular formula is C26H29N3O7. The van der Waals surface area contributed by atoms with E-state index in [4.69, 9.17) is 5.73 Å². The predicted molar refractivity (Wildman–Crippen MR) is 128 cm³/mol. The molecule has 0 spiro atoms. The summed E-state index contributed by atoms with van der Waals surface area (Å²) < 4.78 is 0. The van der Waals surface area contributed by atoms with Crippen molar-refractivity contribution in [3.05, 3.63) is 22.8 Å². The first-order valence-corrected chi connectivity index (χ1v) is 11.6. The zero-order valence-electron chi connectivity index (χ0n) is 20.8. The van der Waals surface area contributed by atoms with E-state index in [0.717, 1.165) is 0 Å². The van der Waals surface area contributed by atoms with Crippen molar-refractivity contribution in [3.8, 4) is 17.6 Å². The van der Waals surface area contributed by atoms with Gasteiger partial charge >= 0.3 is 0 Å². The van der Waals surface area contributed by atoms with Gasteiger partial charge in [0.05, 0.1) is 23.1 Å². The minimum Gasteiger partial charge on any atom is -0.506 e. The molecule has 0 radical (unpaired) electrons. The van der Waals surface area contributed by atoms with Gasteiger partial charge in [-0.3, -0.25) is 28.9 Å². The molecule has 0 aliphatic heterocycles. The summed E-state index contributed by atoms with van der Waals surface area (Å²) in [6.45, 7) is 1.58. The van der Waals surface area contributed by atoms with Crippen LogP contribution >= 0.6 is 0 Å². The van der Waals surface area contributed by atoms with Crippen LogP contribution in [-0.2, 0) is 25.6 Å². The van der Waals surface area contributed by atoms with E-state index < -0.39 is 64.4 Å². The summed E-state index contributed by atoms with van der Waals surface area (Å²) in [7, 11) is 6.66. The highest BCUT2D eigenvalue weighted by atomic mass is 16.3. The largest absolute Gasteiger partial charge is 0.506 e. The zero-order valence-corrected chi connectivity index (χ0v) is 20.8. The Morgan fingerprint density at radius 2 is 1.78 bits per heavy atom. The van der Waals surface area contributed by atoms with Gasteiger partial charge in [-0.25, -0.2) is 0 Å². The van der Waals surface area contributed by atoms with Crippen LogP contribution < -0.4 is 10.6 Å². The normalized spacial score (nSPS) is 31.2. The number of amides is 1. The molecule has 10 heteroatoms. The number of nitrogens with two attached hydrogens (primary N) is 1. The molecule has 1 aromatic rings. The summed E-state index contributed by atoms with van der Waals surface area (Å²) in [5, 5.41) is 22.5. The number of primary amides is 1. The minimum atomic E-state index is -2.74. The molecule has 36 heavy (non-hydrogen) atoms. The number of nitrogens with zero attached hydrogens (tertiary/aromatic N) is 2. The quantitative estimate of drug-likeness (QED) is 0.364. The van der Waals surface area contributed by atoms with Crippen LogP contribution in [0.25, 0.3) is 0 Å². The molecule has 1 amide bonds. The number of rotatable bonds is 3. The highest BCUT2D eigenvalue weighted by Crippen LogP contribution is 2.52. The number of ketones is 4. The second-order valence-electron chi connectivity index (χ2n) is 10.2. The van der Waals surface area contributed by atoms with E-state index in [1.165, 1.54) is 4.90 Å². The molecule has 6 atom stereocenters. The third-order valence-electron chi connectivity index (χ3n) is 7.78. The lowest BCUT2D eigenvalue weighted by molar-refractivity contribution is -0.181. The Kier molecular flexibility index (Phi) is 6.06. The molecule has 2 unspecified atom stereocenters. The van der Waals surface area contributed by atoms with Gasteiger partial charge in [0.2, 0.25) is 5.91 Å². The Hall–Kier alpha value is -3.55. The fourth-order valence-electron chi connectivity index (χ4n) is 6.28. The third-order valence-corrected chi connectivity index (χ3v) is 7.78. The Morgan fingerprint density at radius 1 is 1.14 bits per heavy atom. The van der Waals surface area contributed by atoms with Crippen molar-refractivity contribution in [1.82, 2.24) is 4.90 Å². The minimum absolute atomic E-state index is 0.00798. The van der Waals surface area contributed by atoms with Crippen LogP contribution in [0.3, 0.4) is 0 Å². The average Bonchev–Trinajstić information content (AvgIpc) is 2.77. The van der Waals surface area contributed by atoms with Gasteiger partial charge in [-0.2, -0.15) is 0 Å². The van der Waals surface area contributed by atoms with Crippen LogP contribution in [0.15, 0.2) is 6.07 Å². The lowest BCUT2D eigenvalue weighted by atomic mass is 9.52. The second-order valence-corrected chi connectivity index (χ2v) is 10.2. The highest BCUT2D eigenvalue weighted by molar-refractivity contribution is 6.32. The molecule has 4 rings (SSSR count). The molecular weight excluding hydrogens is 466 g/mol. The Bertz CT molecular complexity index is 1290. The summed E-state index contributed by atoms with van der Waals surface area (Å²) in [6.07, 6.45) is 0.209. The number of phenols is 1. The lowest BCUT2D eigenvalue weighted by Crippen LogP contribution is -2.74. The first-order valence-electron chi connectivity index (χ1n) is 11.6. The highest BCUT2D eigenvalue weighted by Gasteiger charge is 2.69. The van der Waals surface area contributed by atoms with Crippen molar-refractivity contribution >= 4 is 34.7 Å². The fraction of sp³-hybridized carbons (Fsp3) is 0.500. The molecule has 0 saturated heterocycles. The monoisotopic (exact) mass is 495 g/mol. The summed E-state index contributed by atoms with van der Waals surface area (Å²) in [5.74, 6) is -5.21. The molecule has 0 aromatic heterocycles. The van der Waals surface area contributed by atoms with Gasteiger partial charge in [0.1, 0.15) is 5.75 Å². The zero-order chi connectivity index (χ0) is 26.9. The molecule has 4 N–H and O–H groups in total. The van der Waals surface area contributed by atoms with Gasteiger partial charge in [0, 0.05) is 25.7 Å². The van der Waals surface area contributed by atoms with E-state index in [2.05, 4.69) is 11.8 Å². The van der Waals surface area contributed by atoms with Crippen LogP contribution in [0, 0.1) is 35.5 Å². The van der Waals surface area contributed by atoms with Gasteiger partial charge < -0.3 is 20.8 Å². The molecule has 0 heterocycles. The number of fused-ring (bicyclic) bond motifs is 3. The van der Waals surface area contributed by atoms with Gasteiger partial charge in [0.15, 0.2) is 34.7 Å². The van der Waals surface area contributed by atoms with Crippen molar-refractivity contribution in [3.63, 3.8) is 0 Å². The van der Waals surface area contributed by atoms with Gasteiger partial charge in [0.25, 0.3) is 0 Å². The number of hydrogen-bond acceptors (Lipinski definition) is 9. The molecule has 3 aliphatic carbocycles. The van der Waals surface area contributed by atoms with Crippen LogP contribution in [0.2, 0.25) is 0 Å². The third kappa shape index (κ3) is 3.30. The molecule has 0 bridgehead atoms. The Labute approximate surface area is 208 Å². The number of benzene rings is 1. The molecule has 10 nitrogen and oxygen atoms in total. The van der Waals surface area contributed by atoms with Crippen molar-refractivity contribution in [1.29, 1.82) is 0 Å². The maximum atomic E-state index is 13.8. The lowest BCUT2D eigenvalue weighted by Gasteiger charge is -2.52. The van der Waals surface area contributed by atoms with Crippen molar-refractivity contribution in [2.75, 3.05) is 33.1 Å². The molecule has 2 fully saturated rings. The Balaban J connectivity index is 1.92. The summed E-state index contributed by atoms with van der Waals surface area (Å²) >= 11 is 0. The maximum Gasteiger partial charge on any atom is 0.235 e. The number of phenolic OH excluding ortho intramolecular Hbond substituents is 1. The SMILES string of the molecule is CC#Cc1cc(N(C)C)c2c(c1O)C(=O)C1C(=O)[C@]3(O)C(=O)C(C(N)=O)C(=O)[C@@H](N(C)C)[C@@H]3C[C@@H]1C2. The number of aliphatic hydroxyl groups is 1. The van der Waals surface area contributed by atoms with Gasteiger partial charge in [-0.05, 0) is 51.4 Å². The molecule has 1 aromatic carbocycles. The number of Topliss-reactive ketones (excluding diaryl/α,β-unsaturated/α-hetero) is 4.